The molecule has 3 aromatic rings. The minimum absolute atomic E-state index is 0.0719. The van der Waals surface area contributed by atoms with Gasteiger partial charge in [-0.15, -0.1) is 11.3 Å². The van der Waals surface area contributed by atoms with E-state index in [1.54, 1.807) is 30.7 Å². The van der Waals surface area contributed by atoms with Crippen molar-refractivity contribution in [3.8, 4) is 5.75 Å². The molecule has 7 nitrogen and oxygen atoms in total. The van der Waals surface area contributed by atoms with Crippen LogP contribution in [0.2, 0.25) is 0 Å². The van der Waals surface area contributed by atoms with Crippen LogP contribution in [0.4, 0.5) is 5.13 Å². The molecule has 158 valence electrons. The monoisotopic (exact) mass is 445 g/mol. The van der Waals surface area contributed by atoms with Gasteiger partial charge in [0.1, 0.15) is 5.75 Å². The molecule has 9 heteroatoms. The first-order valence-corrected chi connectivity index (χ1v) is 11.7. The molecular formula is C21H23N3O4S2. The van der Waals surface area contributed by atoms with E-state index >= 15 is 0 Å². The van der Waals surface area contributed by atoms with E-state index in [4.69, 9.17) is 4.74 Å². The van der Waals surface area contributed by atoms with Gasteiger partial charge in [-0.2, -0.15) is 0 Å². The van der Waals surface area contributed by atoms with Crippen molar-refractivity contribution >= 4 is 32.4 Å². The van der Waals surface area contributed by atoms with E-state index in [0.717, 1.165) is 11.3 Å². The van der Waals surface area contributed by atoms with E-state index in [1.807, 2.05) is 24.3 Å². The smallest absolute Gasteiger partial charge is 0.263 e. The van der Waals surface area contributed by atoms with E-state index < -0.39 is 10.0 Å². The van der Waals surface area contributed by atoms with Gasteiger partial charge in [0.15, 0.2) is 5.13 Å². The Morgan fingerprint density at radius 1 is 1.10 bits per heavy atom. The Morgan fingerprint density at radius 3 is 2.67 bits per heavy atom. The molecule has 2 aromatic carbocycles. The number of thiazole rings is 1. The van der Waals surface area contributed by atoms with Crippen LogP contribution in [0.25, 0.3) is 0 Å². The molecule has 1 heterocycles. The SMILES string of the molecule is COc1cccc(CCNC(=O)CCc2csc(NS(=O)(=O)c3ccccc3)n2)c1. The Hall–Kier alpha value is -2.91. The zero-order chi connectivity index (χ0) is 21.4. The fourth-order valence-electron chi connectivity index (χ4n) is 2.75. The van der Waals surface area contributed by atoms with Crippen molar-refractivity contribution in [1.82, 2.24) is 10.3 Å². The number of carbonyl (C=O) groups excluding carboxylic acids is 1. The number of nitrogens with one attached hydrogen (secondary N) is 2. The average Bonchev–Trinajstić information content (AvgIpc) is 3.19. The molecule has 0 aliphatic rings. The maximum absolute atomic E-state index is 12.3. The number of sulfonamides is 1. The van der Waals surface area contributed by atoms with Crippen LogP contribution in [-0.2, 0) is 27.7 Å². The van der Waals surface area contributed by atoms with Crippen molar-refractivity contribution in [1.29, 1.82) is 0 Å². The van der Waals surface area contributed by atoms with Crippen molar-refractivity contribution in [2.75, 3.05) is 18.4 Å². The highest BCUT2D eigenvalue weighted by atomic mass is 32.2. The minimum atomic E-state index is -3.67. The van der Waals surface area contributed by atoms with Crippen molar-refractivity contribution < 1.29 is 17.9 Å². The fourth-order valence-corrected chi connectivity index (χ4v) is 4.76. The lowest BCUT2D eigenvalue weighted by atomic mass is 10.1. The normalized spacial score (nSPS) is 11.1. The number of anilines is 1. The Balaban J connectivity index is 1.44. The van der Waals surface area contributed by atoms with Crippen LogP contribution in [0.3, 0.4) is 0 Å². The topological polar surface area (TPSA) is 97.4 Å². The zero-order valence-corrected chi connectivity index (χ0v) is 18.1. The minimum Gasteiger partial charge on any atom is -0.497 e. The summed E-state index contributed by atoms with van der Waals surface area (Å²) in [6.45, 7) is 0.533. The summed E-state index contributed by atoms with van der Waals surface area (Å²) in [5, 5.41) is 4.93. The lowest BCUT2D eigenvalue weighted by Crippen LogP contribution is -2.25. The molecule has 0 aliphatic carbocycles. The summed E-state index contributed by atoms with van der Waals surface area (Å²) in [4.78, 5) is 16.5. The van der Waals surface area contributed by atoms with E-state index in [-0.39, 0.29) is 22.4 Å². The summed E-state index contributed by atoms with van der Waals surface area (Å²) in [6, 6.07) is 15.8. The number of aromatic nitrogens is 1. The van der Waals surface area contributed by atoms with Gasteiger partial charge in [0.05, 0.1) is 17.7 Å². The largest absolute Gasteiger partial charge is 0.497 e. The van der Waals surface area contributed by atoms with Crippen LogP contribution in [0.15, 0.2) is 64.9 Å². The van der Waals surface area contributed by atoms with Crippen molar-refractivity contribution in [2.24, 2.45) is 0 Å². The van der Waals surface area contributed by atoms with E-state index in [0.29, 0.717) is 25.1 Å². The molecular weight excluding hydrogens is 422 g/mol. The second kappa shape index (κ2) is 10.2. The van der Waals surface area contributed by atoms with Gasteiger partial charge in [0, 0.05) is 18.3 Å². The molecule has 3 rings (SSSR count). The van der Waals surface area contributed by atoms with Gasteiger partial charge < -0.3 is 10.1 Å². The van der Waals surface area contributed by atoms with Gasteiger partial charge in [-0.1, -0.05) is 30.3 Å². The number of rotatable bonds is 10. The predicted octanol–water partition coefficient (Wildman–Crippen LogP) is 3.24. The highest BCUT2D eigenvalue weighted by Crippen LogP contribution is 2.20. The number of benzene rings is 2. The third kappa shape index (κ3) is 6.30. The van der Waals surface area contributed by atoms with Crippen LogP contribution in [0, 0.1) is 0 Å². The third-order valence-corrected chi connectivity index (χ3v) is 6.60. The molecule has 0 saturated heterocycles. The van der Waals surface area contributed by atoms with Gasteiger partial charge in [-0.3, -0.25) is 9.52 Å². The van der Waals surface area contributed by atoms with Crippen LogP contribution < -0.4 is 14.8 Å². The Morgan fingerprint density at radius 2 is 1.90 bits per heavy atom. The third-order valence-electron chi connectivity index (χ3n) is 4.31. The summed E-state index contributed by atoms with van der Waals surface area (Å²) in [7, 11) is -2.04. The van der Waals surface area contributed by atoms with E-state index in [2.05, 4.69) is 15.0 Å². The summed E-state index contributed by atoms with van der Waals surface area (Å²) >= 11 is 1.20. The van der Waals surface area contributed by atoms with Crippen LogP contribution in [0.5, 0.6) is 5.75 Å². The van der Waals surface area contributed by atoms with Gasteiger partial charge in [0.2, 0.25) is 5.91 Å². The van der Waals surface area contributed by atoms with Gasteiger partial charge >= 0.3 is 0 Å². The molecule has 0 aliphatic heterocycles. The molecule has 2 N–H and O–H groups in total. The van der Waals surface area contributed by atoms with Crippen LogP contribution in [-0.4, -0.2) is 33.0 Å². The van der Waals surface area contributed by atoms with E-state index in [1.165, 1.54) is 23.5 Å². The van der Waals surface area contributed by atoms with Gasteiger partial charge in [-0.25, -0.2) is 13.4 Å². The zero-order valence-electron chi connectivity index (χ0n) is 16.5. The number of hydrogen-bond acceptors (Lipinski definition) is 6. The molecule has 1 amide bonds. The number of aryl methyl sites for hydroxylation is 1. The number of amides is 1. The summed E-state index contributed by atoms with van der Waals surface area (Å²) < 4.78 is 32.3. The quantitative estimate of drug-likeness (QED) is 0.499. The average molecular weight is 446 g/mol. The lowest BCUT2D eigenvalue weighted by molar-refractivity contribution is -0.121. The number of ether oxygens (including phenoxy) is 1. The van der Waals surface area contributed by atoms with Crippen molar-refractivity contribution in [2.45, 2.75) is 24.2 Å². The molecule has 0 saturated carbocycles. The second-order valence-electron chi connectivity index (χ2n) is 6.51. The number of methoxy groups -OCH3 is 1. The van der Waals surface area contributed by atoms with Crippen molar-refractivity contribution in [3.05, 3.63) is 71.2 Å². The molecule has 0 fully saturated rings. The Kier molecular flexibility index (Phi) is 7.42. The van der Waals surface area contributed by atoms with Crippen molar-refractivity contribution in [3.63, 3.8) is 0 Å². The predicted molar refractivity (Wildman–Crippen MR) is 117 cm³/mol. The second-order valence-corrected chi connectivity index (χ2v) is 9.05. The molecule has 0 spiro atoms. The first-order chi connectivity index (χ1) is 14.5. The van der Waals surface area contributed by atoms with Gasteiger partial charge in [-0.05, 0) is 42.7 Å². The summed E-state index contributed by atoms with van der Waals surface area (Å²) in [5.74, 6) is 0.721. The molecule has 30 heavy (non-hydrogen) atoms. The molecule has 1 aromatic heterocycles. The highest BCUT2D eigenvalue weighted by Gasteiger charge is 2.15. The lowest BCUT2D eigenvalue weighted by Gasteiger charge is -2.06. The highest BCUT2D eigenvalue weighted by molar-refractivity contribution is 7.93. The number of nitrogens with zero attached hydrogens (tertiary/aromatic N) is 1. The van der Waals surface area contributed by atoms with Crippen LogP contribution >= 0.6 is 11.3 Å². The van der Waals surface area contributed by atoms with E-state index in [9.17, 15) is 13.2 Å². The molecule has 0 bridgehead atoms. The maximum atomic E-state index is 12.3. The molecule has 0 atom stereocenters. The summed E-state index contributed by atoms with van der Waals surface area (Å²) in [5.41, 5.74) is 1.76. The first kappa shape index (κ1) is 21.8. The fraction of sp³-hybridized carbons (Fsp3) is 0.238. The maximum Gasteiger partial charge on any atom is 0.263 e. The Bertz CT molecular complexity index is 1080. The Labute approximate surface area is 180 Å². The number of carbonyl (C=O) groups is 1. The molecule has 0 radical (unpaired) electrons. The van der Waals surface area contributed by atoms with Gasteiger partial charge in [0.25, 0.3) is 10.0 Å². The number of hydrogen-bond donors (Lipinski definition) is 2. The first-order valence-electron chi connectivity index (χ1n) is 9.38. The molecule has 0 unspecified atom stereocenters. The summed E-state index contributed by atoms with van der Waals surface area (Å²) in [6.07, 6.45) is 1.44. The van der Waals surface area contributed by atoms with Crippen LogP contribution in [0.1, 0.15) is 17.7 Å². The standard InChI is InChI=1S/C21H23N3O4S2/c1-28-18-7-5-6-16(14-18)12-13-22-20(25)11-10-17-15-29-21(23-17)24-30(26,27)19-8-3-2-4-9-19/h2-9,14-15H,10-13H2,1H3,(H,22,25)(H,23,24).